The van der Waals surface area contributed by atoms with Crippen LogP contribution in [0.25, 0.3) is 0 Å². The molecule has 0 aliphatic carbocycles. The zero-order valence-electron chi connectivity index (χ0n) is 6.14. The maximum Gasteiger partial charge on any atom is 0.192 e. The average molecular weight is 168 g/mol. The first-order chi connectivity index (χ1) is 4.81. The van der Waals surface area contributed by atoms with E-state index in [-0.39, 0.29) is 0 Å². The fraction of sp³-hybridized carbons (Fsp3) is 1.00. The molecule has 0 amide bonds. The zero-order chi connectivity index (χ0) is 7.82. The molecule has 0 fully saturated rings. The second-order valence-electron chi connectivity index (χ2n) is 2.13. The normalized spacial score (nSPS) is 13.4. The fourth-order valence-corrected chi connectivity index (χ4v) is 1.18. The Bertz CT molecular complexity index is 97.7. The maximum atomic E-state index is 11.1. The quantitative estimate of drug-likeness (QED) is 0.568. The molecule has 1 atom stereocenters. The van der Waals surface area contributed by atoms with Crippen LogP contribution in [0, 0.1) is 0 Å². The van der Waals surface area contributed by atoms with Crippen LogP contribution in [-0.4, -0.2) is 9.96 Å². The van der Waals surface area contributed by atoms with Gasteiger partial charge in [0, 0.05) is 0 Å². The summed E-state index contributed by atoms with van der Waals surface area (Å²) in [6.45, 7) is 2.09. The van der Waals surface area contributed by atoms with Crippen molar-refractivity contribution in [1.82, 2.24) is 0 Å². The smallest absolute Gasteiger partial charge is 0.192 e. The minimum Gasteiger partial charge on any atom is -0.227 e. The molecule has 0 spiro atoms. The summed E-state index contributed by atoms with van der Waals surface area (Å²) >= 11 is -1.70. The van der Waals surface area contributed by atoms with Crippen molar-refractivity contribution in [2.45, 2.75) is 32.6 Å². The Balaban J connectivity index is 2.96. The van der Waals surface area contributed by atoms with E-state index < -0.39 is 11.1 Å². The molecule has 0 aliphatic rings. The first kappa shape index (κ1) is 10.0. The van der Waals surface area contributed by atoms with E-state index >= 15 is 0 Å². The van der Waals surface area contributed by atoms with Crippen LogP contribution in [0.15, 0.2) is 0 Å². The standard InChI is InChI=1S/C6H13FO2S/c1-2-3-4-5-6-10(8)9-7/h2-6H2,1H3. The monoisotopic (exact) mass is 168 g/mol. The van der Waals surface area contributed by atoms with Crippen molar-refractivity contribution in [3.63, 3.8) is 0 Å². The van der Waals surface area contributed by atoms with Gasteiger partial charge in [0.1, 0.15) is 0 Å². The Hall–Kier alpha value is 0.0400. The maximum absolute atomic E-state index is 11.1. The first-order valence-corrected chi connectivity index (χ1v) is 4.73. The van der Waals surface area contributed by atoms with Gasteiger partial charge in [-0.2, -0.15) is 0 Å². The lowest BCUT2D eigenvalue weighted by Crippen LogP contribution is -1.95. The topological polar surface area (TPSA) is 26.3 Å². The molecule has 0 bridgehead atoms. The molecule has 0 aromatic rings. The third-order valence-corrected chi connectivity index (χ3v) is 2.00. The van der Waals surface area contributed by atoms with Gasteiger partial charge in [0.15, 0.2) is 11.1 Å². The van der Waals surface area contributed by atoms with E-state index in [1.54, 1.807) is 0 Å². The van der Waals surface area contributed by atoms with Gasteiger partial charge in [-0.1, -0.05) is 30.6 Å². The van der Waals surface area contributed by atoms with Crippen molar-refractivity contribution in [3.8, 4) is 0 Å². The van der Waals surface area contributed by atoms with E-state index in [2.05, 4.69) is 11.3 Å². The van der Waals surface area contributed by atoms with Crippen LogP contribution in [0.1, 0.15) is 32.6 Å². The van der Waals surface area contributed by atoms with Crippen molar-refractivity contribution in [3.05, 3.63) is 0 Å². The molecule has 2 nitrogen and oxygen atoms in total. The second kappa shape index (κ2) is 7.15. The average Bonchev–Trinajstić information content (AvgIpc) is 1.98. The van der Waals surface area contributed by atoms with E-state index in [9.17, 15) is 8.74 Å². The minimum absolute atomic E-state index is 0.316. The molecule has 0 heterocycles. The molecular formula is C6H13FO2S. The predicted octanol–water partition coefficient (Wildman–Crippen LogP) is 2.13. The highest BCUT2D eigenvalue weighted by Gasteiger charge is 1.97. The van der Waals surface area contributed by atoms with Crippen LogP contribution < -0.4 is 0 Å². The van der Waals surface area contributed by atoms with Crippen LogP contribution in [0.4, 0.5) is 4.53 Å². The molecule has 10 heavy (non-hydrogen) atoms. The highest BCUT2D eigenvalue weighted by Crippen LogP contribution is 2.00. The Labute approximate surface area is 63.3 Å². The number of hydrogen-bond acceptors (Lipinski definition) is 2. The van der Waals surface area contributed by atoms with Gasteiger partial charge >= 0.3 is 0 Å². The van der Waals surface area contributed by atoms with Crippen molar-refractivity contribution in [2.75, 3.05) is 5.75 Å². The van der Waals surface area contributed by atoms with Gasteiger partial charge in [-0.05, 0) is 10.9 Å². The molecule has 1 unspecified atom stereocenters. The Morgan fingerprint density at radius 1 is 1.40 bits per heavy atom. The van der Waals surface area contributed by atoms with Crippen LogP contribution in [0.5, 0.6) is 0 Å². The summed E-state index contributed by atoms with van der Waals surface area (Å²) in [5.41, 5.74) is 0. The summed E-state index contributed by atoms with van der Waals surface area (Å²) < 4.78 is 24.5. The zero-order valence-corrected chi connectivity index (χ0v) is 6.95. The lowest BCUT2D eigenvalue weighted by molar-refractivity contribution is 0.0125. The highest BCUT2D eigenvalue weighted by molar-refractivity contribution is 7.80. The molecule has 0 aliphatic heterocycles. The first-order valence-electron chi connectivity index (χ1n) is 3.48. The molecule has 0 saturated heterocycles. The largest absolute Gasteiger partial charge is 0.227 e. The van der Waals surface area contributed by atoms with Crippen LogP contribution in [0.2, 0.25) is 0 Å². The van der Waals surface area contributed by atoms with E-state index in [0.29, 0.717) is 5.75 Å². The van der Waals surface area contributed by atoms with Gasteiger partial charge in [-0.3, -0.25) is 0 Å². The van der Waals surface area contributed by atoms with Gasteiger partial charge in [-0.15, -0.1) is 0 Å². The van der Waals surface area contributed by atoms with Gasteiger partial charge in [0.2, 0.25) is 0 Å². The second-order valence-corrected chi connectivity index (χ2v) is 3.27. The van der Waals surface area contributed by atoms with Crippen molar-refractivity contribution >= 4 is 11.1 Å². The summed E-state index contributed by atoms with van der Waals surface area (Å²) in [6, 6.07) is 0. The van der Waals surface area contributed by atoms with Gasteiger partial charge in [-0.25, -0.2) is 4.21 Å². The summed E-state index contributed by atoms with van der Waals surface area (Å²) in [6.07, 6.45) is 4.03. The minimum atomic E-state index is -1.70. The lowest BCUT2D eigenvalue weighted by Gasteiger charge is -1.94. The molecular weight excluding hydrogens is 155 g/mol. The molecule has 0 aromatic carbocycles. The molecule has 0 N–H and O–H groups in total. The number of halogens is 1. The molecule has 4 heteroatoms. The van der Waals surface area contributed by atoms with E-state index in [0.717, 1.165) is 25.7 Å². The molecule has 62 valence electrons. The van der Waals surface area contributed by atoms with Crippen LogP contribution in [-0.2, 0) is 15.5 Å². The van der Waals surface area contributed by atoms with Crippen LogP contribution in [0.3, 0.4) is 0 Å². The van der Waals surface area contributed by atoms with Crippen molar-refractivity contribution < 1.29 is 13.1 Å². The highest BCUT2D eigenvalue weighted by atomic mass is 32.2. The fourth-order valence-electron chi connectivity index (χ4n) is 0.678. The lowest BCUT2D eigenvalue weighted by atomic mass is 10.2. The van der Waals surface area contributed by atoms with Gasteiger partial charge in [0.25, 0.3) is 0 Å². The third-order valence-electron chi connectivity index (χ3n) is 1.23. The third kappa shape index (κ3) is 6.16. The Morgan fingerprint density at radius 2 is 2.10 bits per heavy atom. The van der Waals surface area contributed by atoms with Crippen molar-refractivity contribution in [1.29, 1.82) is 0 Å². The van der Waals surface area contributed by atoms with Crippen LogP contribution >= 0.6 is 0 Å². The SMILES string of the molecule is CCCCCCS(=O)OF. The van der Waals surface area contributed by atoms with Gasteiger partial charge in [0.05, 0.1) is 5.75 Å². The summed E-state index contributed by atoms with van der Waals surface area (Å²) in [5, 5.41) is 0. The predicted molar refractivity (Wildman–Crippen MR) is 39.3 cm³/mol. The number of rotatable bonds is 6. The molecule has 0 radical (unpaired) electrons. The van der Waals surface area contributed by atoms with E-state index in [4.69, 9.17) is 0 Å². The molecule has 0 saturated carbocycles. The molecule has 0 rings (SSSR count). The van der Waals surface area contributed by atoms with Gasteiger partial charge < -0.3 is 0 Å². The van der Waals surface area contributed by atoms with Crippen molar-refractivity contribution in [2.24, 2.45) is 0 Å². The molecule has 0 aromatic heterocycles. The van der Waals surface area contributed by atoms with E-state index in [1.165, 1.54) is 0 Å². The summed E-state index contributed by atoms with van der Waals surface area (Å²) in [5.74, 6) is 0.316. The number of unbranched alkanes of at least 4 members (excludes halogenated alkanes) is 3. The van der Waals surface area contributed by atoms with E-state index in [1.807, 2.05) is 0 Å². The summed E-state index contributed by atoms with van der Waals surface area (Å²) in [4.78, 5) is 0. The Morgan fingerprint density at radius 3 is 2.60 bits per heavy atom. The number of hydrogen-bond donors (Lipinski definition) is 0. The Kier molecular flexibility index (Phi) is 7.18. The summed E-state index contributed by atoms with van der Waals surface area (Å²) in [7, 11) is 0.